The van der Waals surface area contributed by atoms with E-state index >= 15 is 0 Å². The summed E-state index contributed by atoms with van der Waals surface area (Å²) in [6.07, 6.45) is 3.41. The van der Waals surface area contributed by atoms with E-state index in [1.165, 1.54) is 34.4 Å². The summed E-state index contributed by atoms with van der Waals surface area (Å²) in [6.45, 7) is 4.68. The number of hydrogen-bond donors (Lipinski definition) is 1. The van der Waals surface area contributed by atoms with Gasteiger partial charge in [0.05, 0.1) is 12.4 Å². The molecular formula is C22H21N5O3S3. The number of thioether (sulfide) groups is 1. The molecule has 0 fully saturated rings. The molecule has 0 aliphatic rings. The molecule has 0 atom stereocenters. The zero-order valence-corrected chi connectivity index (χ0v) is 20.4. The Bertz CT molecular complexity index is 1240. The molecular weight excluding hydrogens is 478 g/mol. The van der Waals surface area contributed by atoms with E-state index in [9.17, 15) is 9.59 Å². The highest BCUT2D eigenvalue weighted by atomic mass is 32.2. The fourth-order valence-corrected chi connectivity index (χ4v) is 5.75. The number of thiophene rings is 2. The van der Waals surface area contributed by atoms with Crippen molar-refractivity contribution >= 4 is 51.3 Å². The summed E-state index contributed by atoms with van der Waals surface area (Å²) in [7, 11) is 0. The van der Waals surface area contributed by atoms with Crippen molar-refractivity contribution in [2.45, 2.75) is 25.5 Å². The van der Waals surface area contributed by atoms with Crippen molar-refractivity contribution in [2.75, 3.05) is 17.7 Å². The summed E-state index contributed by atoms with van der Waals surface area (Å²) in [5, 5.41) is 16.4. The van der Waals surface area contributed by atoms with Crippen LogP contribution in [0.1, 0.15) is 24.2 Å². The van der Waals surface area contributed by atoms with Gasteiger partial charge in [-0.05, 0) is 37.4 Å². The molecule has 8 nitrogen and oxygen atoms in total. The lowest BCUT2D eigenvalue weighted by Crippen LogP contribution is -2.16. The first-order valence-corrected chi connectivity index (χ1v) is 13.0. The lowest BCUT2D eigenvalue weighted by molar-refractivity contribution is -0.113. The first-order valence-electron chi connectivity index (χ1n) is 10.2. The Morgan fingerprint density at radius 2 is 1.97 bits per heavy atom. The van der Waals surface area contributed by atoms with Gasteiger partial charge in [0.2, 0.25) is 5.91 Å². The van der Waals surface area contributed by atoms with Crippen molar-refractivity contribution < 1.29 is 14.3 Å². The minimum absolute atomic E-state index is 0.128. The molecule has 0 unspecified atom stereocenters. The summed E-state index contributed by atoms with van der Waals surface area (Å²) in [5.74, 6) is 0.175. The Morgan fingerprint density at radius 3 is 2.67 bits per heavy atom. The van der Waals surface area contributed by atoms with Gasteiger partial charge in [-0.25, -0.2) is 4.79 Å². The number of carbonyl (C=O) groups is 2. The second kappa shape index (κ2) is 10.7. The monoisotopic (exact) mass is 499 g/mol. The third-order valence-electron chi connectivity index (χ3n) is 4.61. The van der Waals surface area contributed by atoms with Crippen molar-refractivity contribution in [2.24, 2.45) is 0 Å². The van der Waals surface area contributed by atoms with Crippen LogP contribution in [-0.2, 0) is 16.1 Å². The smallest absolute Gasteiger partial charge is 0.341 e. The van der Waals surface area contributed by atoms with Crippen LogP contribution >= 0.6 is 34.4 Å². The maximum absolute atomic E-state index is 12.8. The SMILES string of the molecule is CCOC(=O)c1c(-c2cccs2)csc1NC(=O)CSc1nnc(-c2ccncc2)n1CC. The van der Waals surface area contributed by atoms with Crippen molar-refractivity contribution in [3.8, 4) is 21.8 Å². The zero-order chi connectivity index (χ0) is 23.2. The number of nitrogens with one attached hydrogen (secondary N) is 1. The standard InChI is InChI=1S/C22H21N5O3S3/c1-3-27-19(14-7-9-23-10-8-14)25-26-22(27)33-13-17(28)24-20-18(21(29)30-4-2)15(12-32-20)16-6-5-11-31-16/h5-12H,3-4,13H2,1-2H3,(H,24,28). The molecule has 170 valence electrons. The van der Waals surface area contributed by atoms with Gasteiger partial charge in [0.25, 0.3) is 0 Å². The van der Waals surface area contributed by atoms with E-state index in [1.807, 2.05) is 46.5 Å². The van der Waals surface area contributed by atoms with E-state index in [-0.39, 0.29) is 18.3 Å². The second-order valence-electron chi connectivity index (χ2n) is 6.67. The Hall–Kier alpha value is -3.02. The second-order valence-corrected chi connectivity index (χ2v) is 9.44. The maximum Gasteiger partial charge on any atom is 0.341 e. The van der Waals surface area contributed by atoms with Crippen LogP contribution in [0.2, 0.25) is 0 Å². The third kappa shape index (κ3) is 5.15. The highest BCUT2D eigenvalue weighted by Gasteiger charge is 2.23. The molecule has 0 saturated heterocycles. The first kappa shape index (κ1) is 23.1. The average molecular weight is 500 g/mol. The van der Waals surface area contributed by atoms with Gasteiger partial charge in [-0.15, -0.1) is 32.9 Å². The molecule has 0 bridgehead atoms. The van der Waals surface area contributed by atoms with E-state index in [2.05, 4.69) is 20.5 Å². The number of pyridine rings is 1. The van der Waals surface area contributed by atoms with Crippen molar-refractivity contribution in [1.29, 1.82) is 0 Å². The molecule has 4 aromatic heterocycles. The molecule has 0 radical (unpaired) electrons. The van der Waals surface area contributed by atoms with Crippen molar-refractivity contribution in [3.05, 3.63) is 53.0 Å². The van der Waals surface area contributed by atoms with Crippen LogP contribution in [0.3, 0.4) is 0 Å². The number of aromatic nitrogens is 4. The summed E-state index contributed by atoms with van der Waals surface area (Å²) in [5.41, 5.74) is 2.07. The molecule has 4 aromatic rings. The van der Waals surface area contributed by atoms with Gasteiger partial charge in [-0.3, -0.25) is 9.78 Å². The van der Waals surface area contributed by atoms with E-state index in [4.69, 9.17) is 4.74 Å². The average Bonchev–Trinajstić information content (AvgIpc) is 3.57. The first-order chi connectivity index (χ1) is 16.1. The normalized spacial score (nSPS) is 10.8. The minimum atomic E-state index is -0.446. The van der Waals surface area contributed by atoms with E-state index in [1.54, 1.807) is 19.3 Å². The molecule has 0 aliphatic heterocycles. The molecule has 1 amide bonds. The number of anilines is 1. The lowest BCUT2D eigenvalue weighted by atomic mass is 10.1. The minimum Gasteiger partial charge on any atom is -0.462 e. The molecule has 0 spiro atoms. The maximum atomic E-state index is 12.8. The topological polar surface area (TPSA) is 99.0 Å². The third-order valence-corrected chi connectivity index (χ3v) is 7.38. The van der Waals surface area contributed by atoms with Crippen molar-refractivity contribution in [1.82, 2.24) is 19.7 Å². The van der Waals surface area contributed by atoms with E-state index < -0.39 is 5.97 Å². The summed E-state index contributed by atoms with van der Waals surface area (Å²) in [4.78, 5) is 30.4. The Balaban J connectivity index is 1.49. The molecule has 33 heavy (non-hydrogen) atoms. The van der Waals surface area contributed by atoms with Gasteiger partial charge in [-0.1, -0.05) is 17.8 Å². The van der Waals surface area contributed by atoms with Crippen LogP contribution in [0.4, 0.5) is 5.00 Å². The fourth-order valence-electron chi connectivity index (χ4n) is 3.16. The van der Waals surface area contributed by atoms with Crippen LogP contribution < -0.4 is 5.32 Å². The van der Waals surface area contributed by atoms with Crippen molar-refractivity contribution in [3.63, 3.8) is 0 Å². The van der Waals surface area contributed by atoms with Crippen LogP contribution in [0.25, 0.3) is 21.8 Å². The molecule has 1 N–H and O–H groups in total. The van der Waals surface area contributed by atoms with Gasteiger partial charge in [0.1, 0.15) is 10.6 Å². The van der Waals surface area contributed by atoms with Gasteiger partial charge in [0, 0.05) is 40.3 Å². The number of carbonyl (C=O) groups excluding carboxylic acids is 2. The summed E-state index contributed by atoms with van der Waals surface area (Å²) >= 11 is 4.14. The summed E-state index contributed by atoms with van der Waals surface area (Å²) < 4.78 is 7.20. The molecule has 0 aromatic carbocycles. The Morgan fingerprint density at radius 1 is 1.15 bits per heavy atom. The highest BCUT2D eigenvalue weighted by molar-refractivity contribution is 7.99. The largest absolute Gasteiger partial charge is 0.462 e. The number of nitrogens with zero attached hydrogens (tertiary/aromatic N) is 4. The summed E-state index contributed by atoms with van der Waals surface area (Å²) in [6, 6.07) is 7.60. The van der Waals surface area contributed by atoms with Crippen LogP contribution in [0, 0.1) is 0 Å². The van der Waals surface area contributed by atoms with Crippen LogP contribution in [0.15, 0.2) is 52.6 Å². The number of ether oxygens (including phenoxy) is 1. The Labute approximate surface area is 203 Å². The number of hydrogen-bond acceptors (Lipinski definition) is 9. The van der Waals surface area contributed by atoms with Gasteiger partial charge < -0.3 is 14.6 Å². The molecule has 0 aliphatic carbocycles. The van der Waals surface area contributed by atoms with E-state index in [0.29, 0.717) is 22.3 Å². The van der Waals surface area contributed by atoms with E-state index in [0.717, 1.165) is 21.8 Å². The van der Waals surface area contributed by atoms with Crippen LogP contribution in [-0.4, -0.2) is 44.0 Å². The zero-order valence-electron chi connectivity index (χ0n) is 18.0. The number of amides is 1. The molecule has 0 saturated carbocycles. The predicted molar refractivity (Wildman–Crippen MR) is 132 cm³/mol. The molecule has 4 rings (SSSR count). The lowest BCUT2D eigenvalue weighted by Gasteiger charge is -2.09. The number of esters is 1. The molecule has 4 heterocycles. The predicted octanol–water partition coefficient (Wildman–Crippen LogP) is 5.06. The highest BCUT2D eigenvalue weighted by Crippen LogP contribution is 2.38. The fraction of sp³-hybridized carbons (Fsp3) is 0.227. The van der Waals surface area contributed by atoms with Gasteiger partial charge in [-0.2, -0.15) is 0 Å². The number of rotatable bonds is 9. The van der Waals surface area contributed by atoms with Crippen LogP contribution in [0.5, 0.6) is 0 Å². The van der Waals surface area contributed by atoms with Gasteiger partial charge in [0.15, 0.2) is 11.0 Å². The Kier molecular flexibility index (Phi) is 7.53. The molecule has 11 heteroatoms. The quantitative estimate of drug-likeness (QED) is 0.254. The van der Waals surface area contributed by atoms with Gasteiger partial charge >= 0.3 is 5.97 Å².